The molecule has 0 atom stereocenters. The Morgan fingerprint density at radius 1 is 1.30 bits per heavy atom. The fourth-order valence-electron chi connectivity index (χ4n) is 2.01. The van der Waals surface area contributed by atoms with E-state index in [1.54, 1.807) is 12.3 Å². The van der Waals surface area contributed by atoms with Crippen LogP contribution in [0.25, 0.3) is 5.65 Å². The summed E-state index contributed by atoms with van der Waals surface area (Å²) in [5, 5.41) is 5.89. The smallest absolute Gasteiger partial charge is 0.322 e. The van der Waals surface area contributed by atoms with Crippen LogP contribution in [0.2, 0.25) is 5.02 Å². The molecule has 118 valence electrons. The van der Waals surface area contributed by atoms with Crippen LogP contribution in [-0.2, 0) is 6.18 Å². The molecule has 2 heterocycles. The number of carbonyl (C=O) groups excluding carboxylic acids is 1. The van der Waals surface area contributed by atoms with Crippen molar-refractivity contribution >= 4 is 28.8 Å². The first-order valence-corrected chi connectivity index (χ1v) is 6.70. The number of carbonyl (C=O) groups is 1. The molecule has 9 heteroatoms. The topological polar surface area (TPSA) is 59.3 Å². The van der Waals surface area contributed by atoms with E-state index in [4.69, 9.17) is 11.6 Å². The normalized spacial score (nSPS) is 11.7. The molecule has 0 aliphatic heterocycles. The van der Waals surface area contributed by atoms with E-state index in [1.165, 1.54) is 23.0 Å². The highest BCUT2D eigenvalue weighted by Gasteiger charge is 2.33. The minimum atomic E-state index is -4.61. The van der Waals surface area contributed by atoms with E-state index in [2.05, 4.69) is 15.4 Å². The second-order valence-electron chi connectivity index (χ2n) is 4.59. The molecule has 0 fully saturated rings. The van der Waals surface area contributed by atoms with Crippen molar-refractivity contribution in [3.05, 3.63) is 59.0 Å². The maximum Gasteiger partial charge on any atom is 0.417 e. The van der Waals surface area contributed by atoms with E-state index >= 15 is 0 Å². The zero-order valence-electron chi connectivity index (χ0n) is 11.3. The molecule has 0 aliphatic rings. The van der Waals surface area contributed by atoms with Crippen LogP contribution in [-0.4, -0.2) is 20.5 Å². The molecular formula is C14H8ClF3N4O. The standard InChI is InChI=1S/C14H8ClF3N4O/c15-11-3-2-8(6-10(11)14(16,17)18)21-13(23)9-7-20-22-5-1-4-19-12(9)22/h1-7H,(H,21,23). The molecule has 3 aromatic rings. The van der Waals surface area contributed by atoms with Crippen molar-refractivity contribution < 1.29 is 18.0 Å². The van der Waals surface area contributed by atoms with Gasteiger partial charge in [0.25, 0.3) is 5.91 Å². The maximum atomic E-state index is 12.8. The zero-order valence-corrected chi connectivity index (χ0v) is 12.1. The number of amides is 1. The van der Waals surface area contributed by atoms with Crippen LogP contribution in [0.5, 0.6) is 0 Å². The van der Waals surface area contributed by atoms with Gasteiger partial charge in [-0.25, -0.2) is 9.50 Å². The largest absolute Gasteiger partial charge is 0.417 e. The molecule has 5 nitrogen and oxygen atoms in total. The molecule has 1 amide bonds. The van der Waals surface area contributed by atoms with Crippen LogP contribution in [0.15, 0.2) is 42.9 Å². The molecule has 0 unspecified atom stereocenters. The molecule has 3 rings (SSSR count). The minimum Gasteiger partial charge on any atom is -0.322 e. The van der Waals surface area contributed by atoms with Gasteiger partial charge in [0.15, 0.2) is 5.65 Å². The lowest BCUT2D eigenvalue weighted by molar-refractivity contribution is -0.137. The lowest BCUT2D eigenvalue weighted by Crippen LogP contribution is -2.13. The van der Waals surface area contributed by atoms with E-state index < -0.39 is 22.7 Å². The predicted molar refractivity (Wildman–Crippen MR) is 77.4 cm³/mol. The van der Waals surface area contributed by atoms with Crippen LogP contribution < -0.4 is 5.32 Å². The van der Waals surface area contributed by atoms with Gasteiger partial charge < -0.3 is 5.32 Å². The second-order valence-corrected chi connectivity index (χ2v) is 5.00. The first-order chi connectivity index (χ1) is 10.9. The molecule has 1 N–H and O–H groups in total. The first-order valence-electron chi connectivity index (χ1n) is 6.33. The summed E-state index contributed by atoms with van der Waals surface area (Å²) in [6, 6.07) is 4.78. The van der Waals surface area contributed by atoms with Gasteiger partial charge in [-0.3, -0.25) is 4.79 Å². The summed E-state index contributed by atoms with van der Waals surface area (Å²) in [5.41, 5.74) is -0.596. The molecule has 0 saturated heterocycles. The van der Waals surface area contributed by atoms with Crippen LogP contribution >= 0.6 is 11.6 Å². The average molecular weight is 341 g/mol. The van der Waals surface area contributed by atoms with E-state index in [0.717, 1.165) is 12.1 Å². The van der Waals surface area contributed by atoms with Gasteiger partial charge in [0.2, 0.25) is 0 Å². The Kier molecular flexibility index (Phi) is 3.69. The number of rotatable bonds is 2. The number of nitrogens with zero attached hydrogens (tertiary/aromatic N) is 3. The fourth-order valence-corrected chi connectivity index (χ4v) is 2.23. The van der Waals surface area contributed by atoms with Crippen LogP contribution in [0, 0.1) is 0 Å². The van der Waals surface area contributed by atoms with Gasteiger partial charge in [-0.1, -0.05) is 11.6 Å². The highest BCUT2D eigenvalue weighted by molar-refractivity contribution is 6.31. The number of anilines is 1. The summed E-state index contributed by atoms with van der Waals surface area (Å²) in [6.45, 7) is 0. The number of nitrogens with one attached hydrogen (secondary N) is 1. The summed E-state index contributed by atoms with van der Waals surface area (Å²) in [7, 11) is 0. The molecule has 0 spiro atoms. The van der Waals surface area contributed by atoms with Gasteiger partial charge in [0, 0.05) is 18.1 Å². The zero-order chi connectivity index (χ0) is 16.6. The average Bonchev–Trinajstić information content (AvgIpc) is 2.92. The Morgan fingerprint density at radius 2 is 2.09 bits per heavy atom. The number of hydrogen-bond donors (Lipinski definition) is 1. The third-order valence-electron chi connectivity index (χ3n) is 3.05. The number of halogens is 4. The van der Waals surface area contributed by atoms with Gasteiger partial charge >= 0.3 is 6.18 Å². The molecule has 1 aromatic carbocycles. The van der Waals surface area contributed by atoms with Crippen molar-refractivity contribution in [2.24, 2.45) is 0 Å². The maximum absolute atomic E-state index is 12.8. The van der Waals surface area contributed by atoms with Crippen LogP contribution in [0.4, 0.5) is 18.9 Å². The predicted octanol–water partition coefficient (Wildman–Crippen LogP) is 3.65. The Morgan fingerprint density at radius 3 is 2.83 bits per heavy atom. The summed E-state index contributed by atoms with van der Waals surface area (Å²) in [4.78, 5) is 16.2. The summed E-state index contributed by atoms with van der Waals surface area (Å²) >= 11 is 5.54. The van der Waals surface area contributed by atoms with Gasteiger partial charge in [-0.2, -0.15) is 18.3 Å². The second kappa shape index (κ2) is 5.54. The molecule has 0 bridgehead atoms. The van der Waals surface area contributed by atoms with Crippen molar-refractivity contribution in [3.63, 3.8) is 0 Å². The molecular weight excluding hydrogens is 333 g/mol. The quantitative estimate of drug-likeness (QED) is 0.774. The van der Waals surface area contributed by atoms with E-state index in [1.807, 2.05) is 0 Å². The van der Waals surface area contributed by atoms with Crippen LogP contribution in [0.1, 0.15) is 15.9 Å². The highest BCUT2D eigenvalue weighted by Crippen LogP contribution is 2.36. The Bertz CT molecular complexity index is 891. The van der Waals surface area contributed by atoms with Crippen molar-refractivity contribution in [2.45, 2.75) is 6.18 Å². The highest BCUT2D eigenvalue weighted by atomic mass is 35.5. The van der Waals surface area contributed by atoms with Crippen LogP contribution in [0.3, 0.4) is 0 Å². The van der Waals surface area contributed by atoms with Crippen molar-refractivity contribution in [1.82, 2.24) is 14.6 Å². The van der Waals surface area contributed by atoms with Gasteiger partial charge in [0.1, 0.15) is 5.56 Å². The Hall–Kier alpha value is -2.61. The third kappa shape index (κ3) is 2.98. The minimum absolute atomic E-state index is 0.0259. The van der Waals surface area contributed by atoms with Gasteiger partial charge in [-0.15, -0.1) is 0 Å². The number of fused-ring (bicyclic) bond motifs is 1. The number of aromatic nitrogens is 3. The molecule has 2 aromatic heterocycles. The van der Waals surface area contributed by atoms with Gasteiger partial charge in [0.05, 0.1) is 16.8 Å². The Labute approximate surface area is 132 Å². The van der Waals surface area contributed by atoms with Crippen molar-refractivity contribution in [3.8, 4) is 0 Å². The summed E-state index contributed by atoms with van der Waals surface area (Å²) in [5.74, 6) is -0.617. The van der Waals surface area contributed by atoms with E-state index in [0.29, 0.717) is 5.65 Å². The fraction of sp³-hybridized carbons (Fsp3) is 0.0714. The third-order valence-corrected chi connectivity index (χ3v) is 3.38. The molecule has 0 radical (unpaired) electrons. The Balaban J connectivity index is 1.92. The molecule has 0 saturated carbocycles. The summed E-state index contributed by atoms with van der Waals surface area (Å²) < 4.78 is 39.9. The first kappa shape index (κ1) is 15.3. The SMILES string of the molecule is O=C(Nc1ccc(Cl)c(C(F)(F)F)c1)c1cnn2cccnc12. The summed E-state index contributed by atoms with van der Waals surface area (Å²) in [6.07, 6.45) is -0.233. The van der Waals surface area contributed by atoms with Gasteiger partial charge in [-0.05, 0) is 24.3 Å². The molecule has 23 heavy (non-hydrogen) atoms. The van der Waals surface area contributed by atoms with E-state index in [9.17, 15) is 18.0 Å². The number of alkyl halides is 3. The van der Waals surface area contributed by atoms with E-state index in [-0.39, 0.29) is 11.3 Å². The lowest BCUT2D eigenvalue weighted by Gasteiger charge is -2.11. The number of hydrogen-bond acceptors (Lipinski definition) is 3. The number of benzene rings is 1. The van der Waals surface area contributed by atoms with Crippen molar-refractivity contribution in [1.29, 1.82) is 0 Å². The lowest BCUT2D eigenvalue weighted by atomic mass is 10.2. The molecule has 0 aliphatic carbocycles. The van der Waals surface area contributed by atoms with Crippen molar-refractivity contribution in [2.75, 3.05) is 5.32 Å². The monoisotopic (exact) mass is 340 g/mol.